The summed E-state index contributed by atoms with van der Waals surface area (Å²) in [5.74, 6) is -0.361. The summed E-state index contributed by atoms with van der Waals surface area (Å²) in [6.07, 6.45) is -3.21. The van der Waals surface area contributed by atoms with E-state index in [0.29, 0.717) is 5.56 Å². The van der Waals surface area contributed by atoms with Crippen molar-refractivity contribution in [1.29, 1.82) is 0 Å². The predicted molar refractivity (Wildman–Crippen MR) is 84.9 cm³/mol. The second-order valence-corrected chi connectivity index (χ2v) is 8.82. The molecule has 1 fully saturated rings. The fourth-order valence-electron chi connectivity index (χ4n) is 2.56. The third-order valence-corrected chi connectivity index (χ3v) is 6.54. The van der Waals surface area contributed by atoms with Gasteiger partial charge in [-0.3, -0.25) is 4.79 Å². The maximum atomic E-state index is 12.8. The van der Waals surface area contributed by atoms with Crippen molar-refractivity contribution < 1.29 is 27.1 Å². The van der Waals surface area contributed by atoms with Gasteiger partial charge in [-0.2, -0.15) is 0 Å². The van der Waals surface area contributed by atoms with Gasteiger partial charge < -0.3 is 10.0 Å². The molecule has 1 aliphatic heterocycles. The highest BCUT2D eigenvalue weighted by atomic mass is 32.2. The van der Waals surface area contributed by atoms with E-state index in [4.69, 9.17) is 0 Å². The third kappa shape index (κ3) is 3.59. The summed E-state index contributed by atoms with van der Waals surface area (Å²) in [7, 11) is -3.41. The molecule has 1 aromatic carbocycles. The smallest absolute Gasteiger partial charge is 0.266 e. The van der Waals surface area contributed by atoms with E-state index in [1.807, 2.05) is 0 Å². The minimum absolute atomic E-state index is 0.0334. The molecule has 0 radical (unpaired) electrons. The highest BCUT2D eigenvalue weighted by Crippen LogP contribution is 2.29. The number of rotatable bonds is 4. The SMILES string of the molecule is CC(C)S(=O)(=O)c1ccc(C(=O)N2CCC(O)(C(F)F)CC2)cc1. The van der Waals surface area contributed by atoms with Crippen LogP contribution in [0.15, 0.2) is 29.2 Å². The summed E-state index contributed by atoms with van der Waals surface area (Å²) in [4.78, 5) is 13.9. The number of amides is 1. The zero-order valence-electron chi connectivity index (χ0n) is 13.6. The normalized spacial score (nSPS) is 18.2. The van der Waals surface area contributed by atoms with E-state index >= 15 is 0 Å². The van der Waals surface area contributed by atoms with Crippen molar-refractivity contribution in [2.75, 3.05) is 13.1 Å². The van der Waals surface area contributed by atoms with E-state index in [1.165, 1.54) is 29.2 Å². The van der Waals surface area contributed by atoms with Crippen LogP contribution in [0.3, 0.4) is 0 Å². The third-order valence-electron chi connectivity index (χ3n) is 4.37. The largest absolute Gasteiger partial charge is 0.384 e. The van der Waals surface area contributed by atoms with Crippen molar-refractivity contribution in [3.8, 4) is 0 Å². The Morgan fingerprint density at radius 1 is 1.17 bits per heavy atom. The molecule has 1 saturated heterocycles. The van der Waals surface area contributed by atoms with Gasteiger partial charge in [-0.15, -0.1) is 0 Å². The van der Waals surface area contributed by atoms with E-state index in [9.17, 15) is 27.1 Å². The molecule has 2 rings (SSSR count). The quantitative estimate of drug-likeness (QED) is 0.891. The number of likely N-dealkylation sites (tertiary alicyclic amines) is 1. The van der Waals surface area contributed by atoms with Crippen molar-refractivity contribution in [2.45, 2.75) is 48.9 Å². The second kappa shape index (κ2) is 6.76. The molecule has 0 aromatic heterocycles. The Hall–Kier alpha value is -1.54. The minimum Gasteiger partial charge on any atom is -0.384 e. The molecule has 0 unspecified atom stereocenters. The summed E-state index contributed by atoms with van der Waals surface area (Å²) in [6, 6.07) is 5.60. The fourth-order valence-corrected chi connectivity index (χ4v) is 3.62. The van der Waals surface area contributed by atoms with Crippen LogP contribution in [0.5, 0.6) is 0 Å². The number of benzene rings is 1. The Kier molecular flexibility index (Phi) is 5.29. The van der Waals surface area contributed by atoms with E-state index in [0.717, 1.165) is 0 Å². The van der Waals surface area contributed by atoms with Crippen molar-refractivity contribution in [3.63, 3.8) is 0 Å². The molecule has 5 nitrogen and oxygen atoms in total. The van der Waals surface area contributed by atoms with Gasteiger partial charge in [-0.1, -0.05) is 0 Å². The van der Waals surface area contributed by atoms with Crippen LogP contribution in [-0.4, -0.2) is 54.7 Å². The molecule has 1 N–H and O–H groups in total. The topological polar surface area (TPSA) is 74.7 Å². The molecule has 0 aliphatic carbocycles. The van der Waals surface area contributed by atoms with Crippen LogP contribution in [0.25, 0.3) is 0 Å². The Balaban J connectivity index is 2.09. The lowest BCUT2D eigenvalue weighted by atomic mass is 9.91. The minimum atomic E-state index is -3.41. The number of alkyl halides is 2. The number of hydrogen-bond donors (Lipinski definition) is 1. The van der Waals surface area contributed by atoms with Crippen molar-refractivity contribution in [2.24, 2.45) is 0 Å². The first-order valence-electron chi connectivity index (χ1n) is 7.72. The van der Waals surface area contributed by atoms with E-state index in [1.54, 1.807) is 13.8 Å². The lowest BCUT2D eigenvalue weighted by molar-refractivity contribution is -0.122. The van der Waals surface area contributed by atoms with Crippen molar-refractivity contribution in [1.82, 2.24) is 4.90 Å². The molecule has 0 saturated carbocycles. The van der Waals surface area contributed by atoms with Crippen LogP contribution in [0.1, 0.15) is 37.0 Å². The number of hydrogen-bond acceptors (Lipinski definition) is 4. The molecule has 1 heterocycles. The predicted octanol–water partition coefficient (Wildman–Crippen LogP) is 2.10. The Bertz CT molecular complexity index is 693. The molecule has 0 atom stereocenters. The maximum absolute atomic E-state index is 12.8. The first-order chi connectivity index (χ1) is 11.1. The van der Waals surface area contributed by atoms with Crippen LogP contribution in [-0.2, 0) is 9.84 Å². The molecular weight excluding hydrogens is 340 g/mol. The monoisotopic (exact) mass is 361 g/mol. The van der Waals surface area contributed by atoms with Crippen molar-refractivity contribution >= 4 is 15.7 Å². The Morgan fingerprint density at radius 2 is 1.67 bits per heavy atom. The summed E-state index contributed by atoms with van der Waals surface area (Å²) >= 11 is 0. The molecular formula is C16H21F2NO4S. The van der Waals surface area contributed by atoms with E-state index in [-0.39, 0.29) is 36.7 Å². The van der Waals surface area contributed by atoms with Gasteiger partial charge in [0.2, 0.25) is 0 Å². The maximum Gasteiger partial charge on any atom is 0.266 e. The number of halogens is 2. The second-order valence-electron chi connectivity index (χ2n) is 6.31. The van der Waals surface area contributed by atoms with Gasteiger partial charge in [-0.25, -0.2) is 17.2 Å². The molecule has 0 spiro atoms. The number of carbonyl (C=O) groups is 1. The molecule has 1 aliphatic rings. The van der Waals surface area contributed by atoms with Gasteiger partial charge in [-0.05, 0) is 51.0 Å². The van der Waals surface area contributed by atoms with E-state index in [2.05, 4.69) is 0 Å². The number of aliphatic hydroxyl groups is 1. The average molecular weight is 361 g/mol. The number of carbonyl (C=O) groups excluding carboxylic acids is 1. The van der Waals surface area contributed by atoms with E-state index < -0.39 is 27.1 Å². The average Bonchev–Trinajstić information content (AvgIpc) is 2.54. The molecule has 1 amide bonds. The summed E-state index contributed by atoms with van der Waals surface area (Å²) in [5, 5.41) is 9.18. The Morgan fingerprint density at radius 3 is 2.08 bits per heavy atom. The lowest BCUT2D eigenvalue weighted by Crippen LogP contribution is -2.50. The van der Waals surface area contributed by atoms with Gasteiger partial charge in [0, 0.05) is 18.7 Å². The molecule has 24 heavy (non-hydrogen) atoms. The summed E-state index contributed by atoms with van der Waals surface area (Å²) in [6.45, 7) is 3.22. The van der Waals surface area contributed by atoms with Gasteiger partial charge >= 0.3 is 0 Å². The number of piperidine rings is 1. The first kappa shape index (κ1) is 18.8. The highest BCUT2D eigenvalue weighted by Gasteiger charge is 2.41. The van der Waals surface area contributed by atoms with Crippen LogP contribution >= 0.6 is 0 Å². The van der Waals surface area contributed by atoms with Gasteiger partial charge in [0.15, 0.2) is 9.84 Å². The van der Waals surface area contributed by atoms with Crippen LogP contribution in [0.4, 0.5) is 8.78 Å². The summed E-state index contributed by atoms with van der Waals surface area (Å²) in [5.41, 5.74) is -1.74. The lowest BCUT2D eigenvalue weighted by Gasteiger charge is -2.37. The van der Waals surface area contributed by atoms with Gasteiger partial charge in [0.1, 0.15) is 5.60 Å². The Labute approximate surface area is 140 Å². The van der Waals surface area contributed by atoms with Gasteiger partial charge in [0.05, 0.1) is 10.1 Å². The van der Waals surface area contributed by atoms with Crippen LogP contribution < -0.4 is 0 Å². The molecule has 8 heteroatoms. The summed E-state index contributed by atoms with van der Waals surface area (Å²) < 4.78 is 49.6. The first-order valence-corrected chi connectivity index (χ1v) is 9.26. The van der Waals surface area contributed by atoms with Crippen LogP contribution in [0.2, 0.25) is 0 Å². The fraction of sp³-hybridized carbons (Fsp3) is 0.562. The number of nitrogens with zero attached hydrogens (tertiary/aromatic N) is 1. The number of sulfone groups is 1. The van der Waals surface area contributed by atoms with Crippen LogP contribution in [0, 0.1) is 0 Å². The van der Waals surface area contributed by atoms with Gasteiger partial charge in [0.25, 0.3) is 12.3 Å². The highest BCUT2D eigenvalue weighted by molar-refractivity contribution is 7.92. The van der Waals surface area contributed by atoms with Crippen molar-refractivity contribution in [3.05, 3.63) is 29.8 Å². The standard InChI is InChI=1S/C16H21F2NO4S/c1-11(2)24(22,23)13-5-3-12(4-6-13)14(20)19-9-7-16(21,8-10-19)15(17)18/h3-6,11,15,21H,7-10H2,1-2H3. The zero-order chi connectivity index (χ0) is 18.1. The molecule has 1 aromatic rings. The molecule has 0 bridgehead atoms. The zero-order valence-corrected chi connectivity index (χ0v) is 14.4. The molecule has 134 valence electrons.